The molecule has 0 atom stereocenters. The molecular formula is C23H26N4O4. The maximum Gasteiger partial charge on any atom is 0.434 e. The molecule has 0 bridgehead atoms. The van der Waals surface area contributed by atoms with Gasteiger partial charge in [0.25, 0.3) is 0 Å². The number of pyridine rings is 1. The summed E-state index contributed by atoms with van der Waals surface area (Å²) in [5.41, 5.74) is 5.80. The standard InChI is InChI=1S/C23H26N4O4/c1-16-14-18(20-4-3-9-24-17(20)2)5-6-19(16)15-25-10-12-26(13-11-25)23(30)31-27-21(28)7-8-22(27)29/h3-9,14,28-29H,10-13,15H2,1-2H3. The fourth-order valence-electron chi connectivity index (χ4n) is 3.79. The van der Waals surface area contributed by atoms with Crippen LogP contribution in [0, 0.1) is 13.8 Å². The van der Waals surface area contributed by atoms with E-state index in [4.69, 9.17) is 4.84 Å². The lowest BCUT2D eigenvalue weighted by Crippen LogP contribution is -2.50. The van der Waals surface area contributed by atoms with E-state index in [0.29, 0.717) is 30.9 Å². The van der Waals surface area contributed by atoms with Gasteiger partial charge in [-0.05, 0) is 36.6 Å². The van der Waals surface area contributed by atoms with Crippen molar-refractivity contribution >= 4 is 6.09 Å². The highest BCUT2D eigenvalue weighted by atomic mass is 16.7. The monoisotopic (exact) mass is 422 g/mol. The maximum atomic E-state index is 12.3. The van der Waals surface area contributed by atoms with Crippen molar-refractivity contribution in [2.75, 3.05) is 26.2 Å². The summed E-state index contributed by atoms with van der Waals surface area (Å²) in [6.07, 6.45) is 1.20. The van der Waals surface area contributed by atoms with E-state index in [1.165, 1.54) is 23.3 Å². The van der Waals surface area contributed by atoms with Gasteiger partial charge in [0, 0.05) is 62.3 Å². The molecular weight excluding hydrogens is 396 g/mol. The number of carbonyl (C=O) groups is 1. The molecule has 1 aliphatic heterocycles. The van der Waals surface area contributed by atoms with Crippen molar-refractivity contribution in [3.63, 3.8) is 0 Å². The van der Waals surface area contributed by atoms with Gasteiger partial charge in [0.15, 0.2) is 0 Å². The lowest BCUT2D eigenvalue weighted by Gasteiger charge is -2.34. The molecule has 1 aliphatic rings. The zero-order chi connectivity index (χ0) is 22.0. The summed E-state index contributed by atoms with van der Waals surface area (Å²) in [6.45, 7) is 7.38. The first-order valence-electron chi connectivity index (χ1n) is 10.2. The smallest absolute Gasteiger partial charge is 0.434 e. The normalized spacial score (nSPS) is 14.6. The highest BCUT2D eigenvalue weighted by molar-refractivity contribution is 5.68. The fraction of sp³-hybridized carbons (Fsp3) is 0.304. The summed E-state index contributed by atoms with van der Waals surface area (Å²) in [5.74, 6) is -0.658. The van der Waals surface area contributed by atoms with Gasteiger partial charge in [-0.2, -0.15) is 0 Å². The number of nitrogens with zero attached hydrogens (tertiary/aromatic N) is 4. The Kier molecular flexibility index (Phi) is 5.81. The number of amides is 1. The molecule has 3 aromatic rings. The van der Waals surface area contributed by atoms with Gasteiger partial charge in [-0.3, -0.25) is 9.88 Å². The first-order chi connectivity index (χ1) is 14.9. The SMILES string of the molecule is Cc1cc(-c2cccnc2C)ccc1CN1CCN(C(=O)On2c(O)ccc2O)CC1. The van der Waals surface area contributed by atoms with Crippen LogP contribution in [0.2, 0.25) is 0 Å². The number of piperazine rings is 1. The molecule has 31 heavy (non-hydrogen) atoms. The van der Waals surface area contributed by atoms with Gasteiger partial charge in [-0.15, -0.1) is 4.73 Å². The Morgan fingerprint density at radius 3 is 2.39 bits per heavy atom. The number of carbonyl (C=O) groups excluding carboxylic acids is 1. The zero-order valence-electron chi connectivity index (χ0n) is 17.7. The summed E-state index contributed by atoms with van der Waals surface area (Å²) < 4.78 is 0.712. The lowest BCUT2D eigenvalue weighted by atomic mass is 9.98. The fourth-order valence-corrected chi connectivity index (χ4v) is 3.79. The van der Waals surface area contributed by atoms with Gasteiger partial charge in [-0.25, -0.2) is 4.79 Å². The second-order valence-electron chi connectivity index (χ2n) is 7.74. The summed E-state index contributed by atoms with van der Waals surface area (Å²) in [7, 11) is 0. The molecule has 0 aliphatic carbocycles. The van der Waals surface area contributed by atoms with Crippen LogP contribution in [0.25, 0.3) is 11.1 Å². The number of aromatic hydroxyl groups is 2. The number of hydrogen-bond donors (Lipinski definition) is 2. The molecule has 2 N–H and O–H groups in total. The molecule has 1 saturated heterocycles. The van der Waals surface area contributed by atoms with Crippen LogP contribution in [0.4, 0.5) is 4.79 Å². The third kappa shape index (κ3) is 4.49. The molecule has 1 fully saturated rings. The molecule has 0 saturated carbocycles. The van der Waals surface area contributed by atoms with E-state index < -0.39 is 6.09 Å². The van der Waals surface area contributed by atoms with E-state index in [9.17, 15) is 15.0 Å². The molecule has 8 nitrogen and oxygen atoms in total. The van der Waals surface area contributed by atoms with E-state index in [1.54, 1.807) is 11.1 Å². The number of rotatable bonds is 4. The van der Waals surface area contributed by atoms with Crippen LogP contribution in [0.5, 0.6) is 11.8 Å². The second-order valence-corrected chi connectivity index (χ2v) is 7.74. The average molecular weight is 422 g/mol. The van der Waals surface area contributed by atoms with Crippen molar-refractivity contribution < 1.29 is 19.8 Å². The van der Waals surface area contributed by atoms with E-state index >= 15 is 0 Å². The Hall–Kier alpha value is -3.52. The summed E-state index contributed by atoms with van der Waals surface area (Å²) in [5, 5.41) is 19.2. The number of benzene rings is 1. The minimum absolute atomic E-state index is 0.329. The van der Waals surface area contributed by atoms with Gasteiger partial charge < -0.3 is 20.0 Å². The number of aryl methyl sites for hydroxylation is 2. The molecule has 0 spiro atoms. The van der Waals surface area contributed by atoms with Crippen LogP contribution in [0.3, 0.4) is 0 Å². The van der Waals surface area contributed by atoms with Crippen LogP contribution in [0.15, 0.2) is 48.7 Å². The molecule has 162 valence electrons. The molecule has 0 radical (unpaired) electrons. The van der Waals surface area contributed by atoms with Gasteiger partial charge in [-0.1, -0.05) is 24.3 Å². The Labute approximate surface area is 180 Å². The van der Waals surface area contributed by atoms with Gasteiger partial charge in [0.1, 0.15) is 0 Å². The minimum Gasteiger partial charge on any atom is -0.492 e. The van der Waals surface area contributed by atoms with Crippen molar-refractivity contribution in [3.8, 4) is 22.9 Å². The van der Waals surface area contributed by atoms with E-state index in [2.05, 4.69) is 41.1 Å². The predicted octanol–water partition coefficient (Wildman–Crippen LogP) is 2.94. The van der Waals surface area contributed by atoms with Gasteiger partial charge in [0.05, 0.1) is 0 Å². The van der Waals surface area contributed by atoms with Gasteiger partial charge >= 0.3 is 6.09 Å². The summed E-state index contributed by atoms with van der Waals surface area (Å²) >= 11 is 0. The second kappa shape index (κ2) is 8.69. The van der Waals surface area contributed by atoms with Gasteiger partial charge in [0.2, 0.25) is 11.8 Å². The molecule has 8 heteroatoms. The Balaban J connectivity index is 1.35. The van der Waals surface area contributed by atoms with Crippen LogP contribution >= 0.6 is 0 Å². The van der Waals surface area contributed by atoms with E-state index in [0.717, 1.165) is 23.4 Å². The Morgan fingerprint density at radius 2 is 1.74 bits per heavy atom. The average Bonchev–Trinajstić information content (AvgIpc) is 3.08. The van der Waals surface area contributed by atoms with E-state index in [1.807, 2.05) is 13.0 Å². The van der Waals surface area contributed by atoms with E-state index in [-0.39, 0.29) is 11.8 Å². The summed E-state index contributed by atoms with van der Waals surface area (Å²) in [4.78, 5) is 25.6. The van der Waals surface area contributed by atoms with Crippen molar-refractivity contribution in [2.24, 2.45) is 0 Å². The first-order valence-corrected chi connectivity index (χ1v) is 10.2. The Bertz CT molecular complexity index is 1070. The lowest BCUT2D eigenvalue weighted by molar-refractivity contribution is 0.0555. The van der Waals surface area contributed by atoms with Crippen LogP contribution in [-0.4, -0.2) is 62.0 Å². The number of hydrogen-bond acceptors (Lipinski definition) is 6. The number of aromatic nitrogens is 2. The molecule has 3 heterocycles. The maximum absolute atomic E-state index is 12.3. The van der Waals surface area contributed by atoms with Crippen molar-refractivity contribution in [1.82, 2.24) is 19.5 Å². The first kappa shape index (κ1) is 20.7. The molecule has 1 amide bonds. The summed E-state index contributed by atoms with van der Waals surface area (Å²) in [6, 6.07) is 13.0. The van der Waals surface area contributed by atoms with Crippen LogP contribution < -0.4 is 4.84 Å². The third-order valence-electron chi connectivity index (χ3n) is 5.65. The predicted molar refractivity (Wildman–Crippen MR) is 116 cm³/mol. The molecule has 0 unspecified atom stereocenters. The highest BCUT2D eigenvalue weighted by Crippen LogP contribution is 2.25. The van der Waals surface area contributed by atoms with Crippen molar-refractivity contribution in [2.45, 2.75) is 20.4 Å². The largest absolute Gasteiger partial charge is 0.492 e. The molecule has 2 aromatic heterocycles. The zero-order valence-corrected chi connectivity index (χ0v) is 17.7. The van der Waals surface area contributed by atoms with Crippen molar-refractivity contribution in [1.29, 1.82) is 0 Å². The van der Waals surface area contributed by atoms with Crippen molar-refractivity contribution in [3.05, 3.63) is 65.5 Å². The minimum atomic E-state index is -0.603. The topological polar surface area (TPSA) is 91.1 Å². The Morgan fingerprint density at radius 1 is 1.03 bits per heavy atom. The van der Waals surface area contributed by atoms with Crippen LogP contribution in [0.1, 0.15) is 16.8 Å². The quantitative estimate of drug-likeness (QED) is 0.672. The molecule has 1 aromatic carbocycles. The molecule has 4 rings (SSSR count). The highest BCUT2D eigenvalue weighted by Gasteiger charge is 2.24. The third-order valence-corrected chi connectivity index (χ3v) is 5.65. The van der Waals surface area contributed by atoms with Crippen LogP contribution in [-0.2, 0) is 6.54 Å².